The average Bonchev–Trinajstić information content (AvgIpc) is 2.91. The van der Waals surface area contributed by atoms with Crippen LogP contribution in [0.25, 0.3) is 21.3 Å². The number of anilines is 2. The Labute approximate surface area is 159 Å². The summed E-state index contributed by atoms with van der Waals surface area (Å²) >= 11 is 7.70. The number of nitrogens with one attached hydrogen (secondary N) is 1. The molecule has 0 aliphatic rings. The third kappa shape index (κ3) is 3.16. The van der Waals surface area contributed by atoms with Gasteiger partial charge < -0.3 is 5.32 Å². The van der Waals surface area contributed by atoms with Gasteiger partial charge in [0, 0.05) is 16.1 Å². The van der Waals surface area contributed by atoms with Crippen molar-refractivity contribution in [3.8, 4) is 11.1 Å². The lowest BCUT2D eigenvalue weighted by molar-refractivity contribution is 0.628. The van der Waals surface area contributed by atoms with E-state index in [0.717, 1.165) is 37.5 Å². The predicted octanol–water partition coefficient (Wildman–Crippen LogP) is 6.51. The van der Waals surface area contributed by atoms with Gasteiger partial charge in [0.25, 0.3) is 0 Å². The van der Waals surface area contributed by atoms with Gasteiger partial charge in [0.05, 0.1) is 5.39 Å². The molecule has 0 atom stereocenters. The molecule has 130 valence electrons. The van der Waals surface area contributed by atoms with Crippen LogP contribution in [0.2, 0.25) is 5.28 Å². The first-order chi connectivity index (χ1) is 12.5. The molecule has 2 heterocycles. The molecule has 0 fully saturated rings. The molecule has 0 radical (unpaired) electrons. The van der Waals surface area contributed by atoms with Gasteiger partial charge in [-0.3, -0.25) is 0 Å². The van der Waals surface area contributed by atoms with Gasteiger partial charge in [-0.05, 0) is 60.8 Å². The Morgan fingerprint density at radius 1 is 1.04 bits per heavy atom. The topological polar surface area (TPSA) is 37.8 Å². The predicted molar refractivity (Wildman–Crippen MR) is 107 cm³/mol. The van der Waals surface area contributed by atoms with Crippen LogP contribution in [0.3, 0.4) is 0 Å². The van der Waals surface area contributed by atoms with Crippen LogP contribution in [0.4, 0.5) is 15.9 Å². The molecule has 0 saturated heterocycles. The van der Waals surface area contributed by atoms with Gasteiger partial charge in [-0.15, -0.1) is 11.3 Å². The number of aryl methyl sites for hydroxylation is 2. The van der Waals surface area contributed by atoms with E-state index in [-0.39, 0.29) is 11.1 Å². The SMILES string of the molecule is Cc1cccc(Nc2nc(Cl)nc3sc(C)c(-c4ccc(F)cc4)c23)c1. The van der Waals surface area contributed by atoms with Crippen LogP contribution in [0.5, 0.6) is 0 Å². The van der Waals surface area contributed by atoms with Crippen LogP contribution >= 0.6 is 22.9 Å². The highest BCUT2D eigenvalue weighted by molar-refractivity contribution is 7.19. The second kappa shape index (κ2) is 6.67. The summed E-state index contributed by atoms with van der Waals surface area (Å²) < 4.78 is 13.3. The molecule has 0 unspecified atom stereocenters. The molecule has 0 spiro atoms. The van der Waals surface area contributed by atoms with Gasteiger partial charge in [0.15, 0.2) is 0 Å². The minimum absolute atomic E-state index is 0.194. The smallest absolute Gasteiger partial charge is 0.225 e. The molecule has 0 saturated carbocycles. The molecule has 1 N–H and O–H groups in total. The van der Waals surface area contributed by atoms with E-state index < -0.39 is 0 Å². The summed E-state index contributed by atoms with van der Waals surface area (Å²) in [6.45, 7) is 4.06. The lowest BCUT2D eigenvalue weighted by Crippen LogP contribution is -1.97. The summed E-state index contributed by atoms with van der Waals surface area (Å²) in [5.41, 5.74) is 3.99. The summed E-state index contributed by atoms with van der Waals surface area (Å²) in [5, 5.41) is 4.45. The number of fused-ring (bicyclic) bond motifs is 1. The molecule has 26 heavy (non-hydrogen) atoms. The van der Waals surface area contributed by atoms with Crippen molar-refractivity contribution in [2.24, 2.45) is 0 Å². The first-order valence-electron chi connectivity index (χ1n) is 8.07. The van der Waals surface area contributed by atoms with Gasteiger partial charge in [-0.25, -0.2) is 9.37 Å². The lowest BCUT2D eigenvalue weighted by atomic mass is 10.0. The molecule has 0 aliphatic heterocycles. The van der Waals surface area contributed by atoms with Crippen molar-refractivity contribution in [1.29, 1.82) is 0 Å². The normalized spacial score (nSPS) is 11.1. The highest BCUT2D eigenvalue weighted by Crippen LogP contribution is 2.41. The van der Waals surface area contributed by atoms with E-state index in [1.165, 1.54) is 12.1 Å². The molecular weight excluding hydrogens is 369 g/mol. The number of rotatable bonds is 3. The monoisotopic (exact) mass is 383 g/mol. The third-order valence-electron chi connectivity index (χ3n) is 4.11. The molecule has 0 amide bonds. The van der Waals surface area contributed by atoms with Crippen LogP contribution in [-0.2, 0) is 0 Å². The molecular formula is C20H15ClFN3S. The summed E-state index contributed by atoms with van der Waals surface area (Å²) in [5.74, 6) is 0.387. The summed E-state index contributed by atoms with van der Waals surface area (Å²) in [7, 11) is 0. The van der Waals surface area contributed by atoms with E-state index in [2.05, 4.69) is 15.3 Å². The first kappa shape index (κ1) is 16.9. The molecule has 2 aromatic carbocycles. The molecule has 2 aromatic heterocycles. The molecule has 0 aliphatic carbocycles. The maximum atomic E-state index is 13.3. The standard InChI is InChI=1S/C20H15ClFN3S/c1-11-4-3-5-15(10-11)23-18-17-16(13-6-8-14(22)9-7-13)12(2)26-19(17)25-20(21)24-18/h3-10H,1-2H3,(H,23,24,25). The van der Waals surface area contributed by atoms with E-state index in [0.29, 0.717) is 5.82 Å². The Morgan fingerprint density at radius 3 is 2.54 bits per heavy atom. The zero-order valence-corrected chi connectivity index (χ0v) is 15.7. The fourth-order valence-corrected chi connectivity index (χ4v) is 4.26. The van der Waals surface area contributed by atoms with E-state index in [9.17, 15) is 4.39 Å². The fourth-order valence-electron chi connectivity index (χ4n) is 3.00. The Hall–Kier alpha value is -2.50. The zero-order chi connectivity index (χ0) is 18.3. The van der Waals surface area contributed by atoms with Crippen molar-refractivity contribution in [3.05, 3.63) is 70.1 Å². The Morgan fingerprint density at radius 2 is 1.81 bits per heavy atom. The van der Waals surface area contributed by atoms with Gasteiger partial charge in [-0.1, -0.05) is 24.3 Å². The van der Waals surface area contributed by atoms with Crippen molar-refractivity contribution in [2.45, 2.75) is 13.8 Å². The van der Waals surface area contributed by atoms with Crippen LogP contribution in [0.1, 0.15) is 10.4 Å². The molecule has 3 nitrogen and oxygen atoms in total. The maximum absolute atomic E-state index is 13.3. The van der Waals surface area contributed by atoms with Crippen molar-refractivity contribution >= 4 is 44.7 Å². The number of hydrogen-bond acceptors (Lipinski definition) is 4. The summed E-state index contributed by atoms with van der Waals surface area (Å²) in [4.78, 5) is 10.7. The maximum Gasteiger partial charge on any atom is 0.225 e. The number of benzene rings is 2. The largest absolute Gasteiger partial charge is 0.340 e. The Balaban J connectivity index is 1.93. The molecule has 4 rings (SSSR count). The molecule has 6 heteroatoms. The Kier molecular flexibility index (Phi) is 4.34. The van der Waals surface area contributed by atoms with Crippen molar-refractivity contribution in [2.75, 3.05) is 5.32 Å². The fraction of sp³-hybridized carbons (Fsp3) is 0.100. The molecule has 4 aromatic rings. The van der Waals surface area contributed by atoms with Crippen LogP contribution in [-0.4, -0.2) is 9.97 Å². The van der Waals surface area contributed by atoms with Crippen molar-refractivity contribution in [3.63, 3.8) is 0 Å². The zero-order valence-electron chi connectivity index (χ0n) is 14.2. The third-order valence-corrected chi connectivity index (χ3v) is 5.28. The van der Waals surface area contributed by atoms with Crippen molar-refractivity contribution < 1.29 is 4.39 Å². The Bertz CT molecular complexity index is 1110. The average molecular weight is 384 g/mol. The van der Waals surface area contributed by atoms with E-state index >= 15 is 0 Å². The second-order valence-electron chi connectivity index (χ2n) is 6.06. The van der Waals surface area contributed by atoms with E-state index in [4.69, 9.17) is 11.6 Å². The van der Waals surface area contributed by atoms with Gasteiger partial charge >= 0.3 is 0 Å². The minimum atomic E-state index is -0.261. The first-order valence-corrected chi connectivity index (χ1v) is 9.27. The summed E-state index contributed by atoms with van der Waals surface area (Å²) in [6.07, 6.45) is 0. The number of thiophene rings is 1. The quantitative estimate of drug-likeness (QED) is 0.410. The second-order valence-corrected chi connectivity index (χ2v) is 7.60. The van der Waals surface area contributed by atoms with Crippen LogP contribution in [0, 0.1) is 19.7 Å². The van der Waals surface area contributed by atoms with Gasteiger partial charge in [0.2, 0.25) is 5.28 Å². The highest BCUT2D eigenvalue weighted by atomic mass is 35.5. The minimum Gasteiger partial charge on any atom is -0.340 e. The van der Waals surface area contributed by atoms with Crippen LogP contribution < -0.4 is 5.32 Å². The summed E-state index contributed by atoms with van der Waals surface area (Å²) in [6, 6.07) is 14.5. The van der Waals surface area contributed by atoms with Gasteiger partial charge in [0.1, 0.15) is 16.5 Å². The number of halogens is 2. The van der Waals surface area contributed by atoms with Crippen LogP contribution in [0.15, 0.2) is 48.5 Å². The van der Waals surface area contributed by atoms with Gasteiger partial charge in [-0.2, -0.15) is 4.98 Å². The highest BCUT2D eigenvalue weighted by Gasteiger charge is 2.18. The van der Waals surface area contributed by atoms with Crippen molar-refractivity contribution in [1.82, 2.24) is 9.97 Å². The number of nitrogens with zero attached hydrogens (tertiary/aromatic N) is 2. The number of aromatic nitrogens is 2. The van der Waals surface area contributed by atoms with E-state index in [1.54, 1.807) is 23.5 Å². The van der Waals surface area contributed by atoms with E-state index in [1.807, 2.05) is 38.1 Å². The number of hydrogen-bond donors (Lipinski definition) is 1. The lowest BCUT2D eigenvalue weighted by Gasteiger charge is -2.10. The molecule has 0 bridgehead atoms.